The molecule has 0 aliphatic heterocycles. The molecule has 24 heavy (non-hydrogen) atoms. The summed E-state index contributed by atoms with van der Waals surface area (Å²) in [5.74, 6) is 0.647. The lowest BCUT2D eigenvalue weighted by molar-refractivity contribution is -0.384. The van der Waals surface area contributed by atoms with Gasteiger partial charge in [-0.3, -0.25) is 15.1 Å². The highest BCUT2D eigenvalue weighted by atomic mass is 127. The molecule has 1 aromatic carbocycles. The van der Waals surface area contributed by atoms with Gasteiger partial charge >= 0.3 is 0 Å². The highest BCUT2D eigenvalue weighted by Crippen LogP contribution is 2.12. The van der Waals surface area contributed by atoms with E-state index in [9.17, 15) is 10.1 Å². The number of ether oxygens (including phenoxy) is 2. The number of guanidine groups is 1. The van der Waals surface area contributed by atoms with Crippen molar-refractivity contribution in [2.24, 2.45) is 4.99 Å². The van der Waals surface area contributed by atoms with Gasteiger partial charge in [0.1, 0.15) is 0 Å². The summed E-state index contributed by atoms with van der Waals surface area (Å²) in [5.41, 5.74) is 0.908. The van der Waals surface area contributed by atoms with Crippen molar-refractivity contribution in [3.63, 3.8) is 0 Å². The lowest BCUT2D eigenvalue weighted by Crippen LogP contribution is -2.37. The molecule has 0 aromatic heterocycles. The van der Waals surface area contributed by atoms with Crippen molar-refractivity contribution in [1.29, 1.82) is 0 Å². The van der Waals surface area contributed by atoms with Crippen LogP contribution in [0.4, 0.5) is 5.69 Å². The number of rotatable bonds is 10. The number of nitrogens with one attached hydrogen (secondary N) is 2. The van der Waals surface area contributed by atoms with Gasteiger partial charge in [-0.1, -0.05) is 12.1 Å². The molecule has 136 valence electrons. The Hall–Kier alpha value is -1.46. The molecule has 0 fully saturated rings. The lowest BCUT2D eigenvalue weighted by Gasteiger charge is -2.12. The summed E-state index contributed by atoms with van der Waals surface area (Å²) >= 11 is 0. The van der Waals surface area contributed by atoms with Crippen LogP contribution >= 0.6 is 24.0 Å². The van der Waals surface area contributed by atoms with Gasteiger partial charge < -0.3 is 20.1 Å². The van der Waals surface area contributed by atoms with E-state index in [1.807, 2.05) is 6.07 Å². The molecule has 8 nitrogen and oxygen atoms in total. The number of nitro benzene ring substituents is 1. The molecule has 0 saturated heterocycles. The maximum absolute atomic E-state index is 10.7. The second-order valence-corrected chi connectivity index (χ2v) is 4.74. The van der Waals surface area contributed by atoms with E-state index in [1.165, 1.54) is 6.07 Å². The van der Waals surface area contributed by atoms with Gasteiger partial charge in [-0.05, 0) is 12.0 Å². The molecule has 0 aliphatic carbocycles. The summed E-state index contributed by atoms with van der Waals surface area (Å²) in [7, 11) is 3.32. The number of aliphatic imine (C=N–C) groups is 1. The molecule has 9 heteroatoms. The van der Waals surface area contributed by atoms with Gasteiger partial charge in [0.25, 0.3) is 5.69 Å². The summed E-state index contributed by atoms with van der Waals surface area (Å²) < 4.78 is 10.3. The Kier molecular flexibility index (Phi) is 13.1. The van der Waals surface area contributed by atoms with Crippen molar-refractivity contribution in [2.75, 3.05) is 40.5 Å². The molecule has 0 bridgehead atoms. The zero-order chi connectivity index (χ0) is 16.9. The Bertz CT molecular complexity index is 514. The average Bonchev–Trinajstić information content (AvgIpc) is 2.57. The summed E-state index contributed by atoms with van der Waals surface area (Å²) in [4.78, 5) is 14.5. The van der Waals surface area contributed by atoms with Gasteiger partial charge in [0.05, 0.1) is 18.1 Å². The van der Waals surface area contributed by atoms with E-state index < -0.39 is 4.92 Å². The third kappa shape index (κ3) is 9.63. The normalized spacial score (nSPS) is 10.8. The van der Waals surface area contributed by atoms with E-state index in [0.29, 0.717) is 32.3 Å². The topological polar surface area (TPSA) is 98.0 Å². The molecule has 0 aliphatic rings. The number of methoxy groups -OCH3 is 1. The molecule has 0 saturated carbocycles. The zero-order valence-corrected chi connectivity index (χ0v) is 16.3. The molecule has 0 spiro atoms. The first-order valence-corrected chi connectivity index (χ1v) is 7.42. The molecule has 0 unspecified atom stereocenters. The Morgan fingerprint density at radius 1 is 1.29 bits per heavy atom. The lowest BCUT2D eigenvalue weighted by atomic mass is 10.2. The van der Waals surface area contributed by atoms with Crippen LogP contribution in [0.25, 0.3) is 0 Å². The fraction of sp³-hybridized carbons (Fsp3) is 0.533. The van der Waals surface area contributed by atoms with E-state index >= 15 is 0 Å². The molecule has 2 N–H and O–H groups in total. The molecular formula is C15H25IN4O4. The summed E-state index contributed by atoms with van der Waals surface area (Å²) in [6.07, 6.45) is 0.848. The zero-order valence-electron chi connectivity index (χ0n) is 14.0. The predicted molar refractivity (Wildman–Crippen MR) is 104 cm³/mol. The molecule has 0 atom stereocenters. The molecule has 0 amide bonds. The second kappa shape index (κ2) is 13.9. The molecule has 1 aromatic rings. The average molecular weight is 452 g/mol. The number of nitro groups is 1. The van der Waals surface area contributed by atoms with Crippen LogP contribution in [-0.2, 0) is 16.0 Å². The number of hydrogen-bond donors (Lipinski definition) is 2. The number of benzene rings is 1. The number of non-ortho nitro benzene ring substituents is 1. The van der Waals surface area contributed by atoms with Crippen molar-refractivity contribution in [3.8, 4) is 0 Å². The van der Waals surface area contributed by atoms with E-state index in [4.69, 9.17) is 9.47 Å². The minimum Gasteiger partial charge on any atom is -0.382 e. The third-order valence-corrected chi connectivity index (χ3v) is 2.99. The van der Waals surface area contributed by atoms with Crippen LogP contribution in [0.5, 0.6) is 0 Å². The SMILES string of the molecule is CN=C(NCCCOCCOC)NCc1cccc([N+](=O)[O-])c1.I. The van der Waals surface area contributed by atoms with E-state index in [-0.39, 0.29) is 29.7 Å². The van der Waals surface area contributed by atoms with Crippen LogP contribution < -0.4 is 10.6 Å². The van der Waals surface area contributed by atoms with Crippen molar-refractivity contribution < 1.29 is 14.4 Å². The van der Waals surface area contributed by atoms with Crippen molar-refractivity contribution >= 4 is 35.6 Å². The van der Waals surface area contributed by atoms with Gasteiger partial charge in [-0.15, -0.1) is 24.0 Å². The molecular weight excluding hydrogens is 427 g/mol. The van der Waals surface area contributed by atoms with Crippen LogP contribution in [0.3, 0.4) is 0 Å². The third-order valence-electron chi connectivity index (χ3n) is 2.99. The maximum atomic E-state index is 10.7. The van der Waals surface area contributed by atoms with Crippen molar-refractivity contribution in [3.05, 3.63) is 39.9 Å². The smallest absolute Gasteiger partial charge is 0.269 e. The van der Waals surface area contributed by atoms with Crippen LogP contribution in [-0.4, -0.2) is 51.4 Å². The van der Waals surface area contributed by atoms with E-state index in [2.05, 4.69) is 15.6 Å². The molecule has 0 heterocycles. The Labute approximate surface area is 159 Å². The van der Waals surface area contributed by atoms with Crippen LogP contribution in [0.1, 0.15) is 12.0 Å². The van der Waals surface area contributed by atoms with Gasteiger partial charge in [0.2, 0.25) is 0 Å². The number of nitrogens with zero attached hydrogens (tertiary/aromatic N) is 2. The molecule has 1 rings (SSSR count). The first kappa shape index (κ1) is 22.5. The Balaban J connectivity index is 0.00000529. The van der Waals surface area contributed by atoms with Gasteiger partial charge in [0.15, 0.2) is 5.96 Å². The second-order valence-electron chi connectivity index (χ2n) is 4.74. The van der Waals surface area contributed by atoms with Crippen LogP contribution in [0, 0.1) is 10.1 Å². The number of halogens is 1. The summed E-state index contributed by atoms with van der Waals surface area (Å²) in [5, 5.41) is 17.0. The van der Waals surface area contributed by atoms with Gasteiger partial charge in [-0.25, -0.2) is 0 Å². The summed E-state index contributed by atoms with van der Waals surface area (Å²) in [6.45, 7) is 3.03. The monoisotopic (exact) mass is 452 g/mol. The first-order valence-electron chi connectivity index (χ1n) is 7.42. The van der Waals surface area contributed by atoms with Crippen LogP contribution in [0.2, 0.25) is 0 Å². The standard InChI is InChI=1S/C15H24N4O4.HI/c1-16-15(17-7-4-8-23-10-9-22-2)18-12-13-5-3-6-14(11-13)19(20)21;/h3,5-6,11H,4,7-10,12H2,1-2H3,(H2,16,17,18);1H. The van der Waals surface area contributed by atoms with Crippen molar-refractivity contribution in [1.82, 2.24) is 10.6 Å². The first-order chi connectivity index (χ1) is 11.2. The highest BCUT2D eigenvalue weighted by molar-refractivity contribution is 14.0. The van der Waals surface area contributed by atoms with E-state index in [0.717, 1.165) is 18.5 Å². The minimum absolute atomic E-state index is 0. The van der Waals surface area contributed by atoms with Crippen LogP contribution in [0.15, 0.2) is 29.3 Å². The van der Waals surface area contributed by atoms with Gasteiger partial charge in [-0.2, -0.15) is 0 Å². The van der Waals surface area contributed by atoms with E-state index in [1.54, 1.807) is 26.3 Å². The fourth-order valence-electron chi connectivity index (χ4n) is 1.81. The molecule has 0 radical (unpaired) electrons. The summed E-state index contributed by atoms with van der Waals surface area (Å²) in [6, 6.07) is 6.52. The van der Waals surface area contributed by atoms with Crippen molar-refractivity contribution in [2.45, 2.75) is 13.0 Å². The Morgan fingerprint density at radius 2 is 2.08 bits per heavy atom. The highest BCUT2D eigenvalue weighted by Gasteiger charge is 2.06. The number of hydrogen-bond acceptors (Lipinski definition) is 5. The minimum atomic E-state index is -0.403. The maximum Gasteiger partial charge on any atom is 0.269 e. The predicted octanol–water partition coefficient (Wildman–Crippen LogP) is 1.93. The largest absolute Gasteiger partial charge is 0.382 e. The fourth-order valence-corrected chi connectivity index (χ4v) is 1.81. The Morgan fingerprint density at radius 3 is 2.75 bits per heavy atom. The van der Waals surface area contributed by atoms with Gasteiger partial charge in [0, 0.05) is 46.0 Å². The quantitative estimate of drug-likeness (QED) is 0.141.